The predicted octanol–water partition coefficient (Wildman–Crippen LogP) is 2.17. The van der Waals surface area contributed by atoms with Gasteiger partial charge in [-0.15, -0.1) is 0 Å². The number of hydrogen-bond acceptors (Lipinski definition) is 6. The number of nitrogens with one attached hydrogen (secondary N) is 1. The Kier molecular flexibility index (Phi) is 4.75. The van der Waals surface area contributed by atoms with Gasteiger partial charge in [-0.1, -0.05) is 23.9 Å². The SMILES string of the molecule is O=C(CSc1nc2ccccc2o1)NCCn1nc(C2CC2)ccc1=O. The first-order valence-electron chi connectivity index (χ1n) is 8.52. The number of amides is 1. The van der Waals surface area contributed by atoms with Crippen LogP contribution < -0.4 is 10.9 Å². The second kappa shape index (κ2) is 7.33. The molecular weight excluding hydrogens is 352 g/mol. The zero-order valence-electron chi connectivity index (χ0n) is 14.1. The van der Waals surface area contributed by atoms with Gasteiger partial charge in [0, 0.05) is 18.5 Å². The summed E-state index contributed by atoms with van der Waals surface area (Å²) in [6.45, 7) is 0.715. The average Bonchev–Trinajstić information content (AvgIpc) is 3.40. The smallest absolute Gasteiger partial charge is 0.266 e. The van der Waals surface area contributed by atoms with E-state index in [0.717, 1.165) is 24.1 Å². The number of nitrogens with zero attached hydrogens (tertiary/aromatic N) is 3. The third kappa shape index (κ3) is 3.96. The molecule has 1 aromatic carbocycles. The number of fused-ring (bicyclic) bond motifs is 1. The molecule has 26 heavy (non-hydrogen) atoms. The van der Waals surface area contributed by atoms with Gasteiger partial charge in [-0.05, 0) is 31.0 Å². The quantitative estimate of drug-likeness (QED) is 0.641. The van der Waals surface area contributed by atoms with Crippen molar-refractivity contribution in [1.82, 2.24) is 20.1 Å². The summed E-state index contributed by atoms with van der Waals surface area (Å²) in [5.41, 5.74) is 2.29. The van der Waals surface area contributed by atoms with Crippen LogP contribution in [0.1, 0.15) is 24.5 Å². The van der Waals surface area contributed by atoms with Crippen LogP contribution in [0.3, 0.4) is 0 Å². The monoisotopic (exact) mass is 370 g/mol. The minimum Gasteiger partial charge on any atom is -0.431 e. The van der Waals surface area contributed by atoms with Crippen LogP contribution in [0.15, 0.2) is 50.8 Å². The fourth-order valence-electron chi connectivity index (χ4n) is 2.61. The van der Waals surface area contributed by atoms with Crippen molar-refractivity contribution in [1.29, 1.82) is 0 Å². The Balaban J connectivity index is 1.26. The number of thioether (sulfide) groups is 1. The molecule has 0 spiro atoms. The van der Waals surface area contributed by atoms with Gasteiger partial charge in [0.15, 0.2) is 5.58 Å². The third-order valence-electron chi connectivity index (χ3n) is 4.13. The fraction of sp³-hybridized carbons (Fsp3) is 0.333. The molecular formula is C18H18N4O3S. The highest BCUT2D eigenvalue weighted by Crippen LogP contribution is 2.38. The largest absolute Gasteiger partial charge is 0.431 e. The Morgan fingerprint density at radius 3 is 2.92 bits per heavy atom. The Morgan fingerprint density at radius 1 is 1.27 bits per heavy atom. The lowest BCUT2D eigenvalue weighted by atomic mass is 10.3. The van der Waals surface area contributed by atoms with Gasteiger partial charge in [0.05, 0.1) is 18.0 Å². The van der Waals surface area contributed by atoms with Crippen LogP contribution in [0, 0.1) is 0 Å². The van der Waals surface area contributed by atoms with E-state index in [-0.39, 0.29) is 17.2 Å². The summed E-state index contributed by atoms with van der Waals surface area (Å²) in [5, 5.41) is 7.64. The molecule has 1 aliphatic rings. The normalized spacial score (nSPS) is 13.8. The molecule has 0 radical (unpaired) electrons. The molecule has 1 N–H and O–H groups in total. The molecule has 134 valence electrons. The molecule has 0 bridgehead atoms. The van der Waals surface area contributed by atoms with Crippen molar-refractivity contribution >= 4 is 28.8 Å². The molecule has 2 aromatic heterocycles. The van der Waals surface area contributed by atoms with Gasteiger partial charge in [0.25, 0.3) is 10.8 Å². The molecule has 1 amide bonds. The van der Waals surface area contributed by atoms with Gasteiger partial charge in [0.1, 0.15) is 5.52 Å². The van der Waals surface area contributed by atoms with E-state index in [1.165, 1.54) is 16.4 Å². The van der Waals surface area contributed by atoms with Gasteiger partial charge in [0.2, 0.25) is 5.91 Å². The Morgan fingerprint density at radius 2 is 2.12 bits per heavy atom. The summed E-state index contributed by atoms with van der Waals surface area (Å²) in [6.07, 6.45) is 2.27. The van der Waals surface area contributed by atoms with E-state index in [4.69, 9.17) is 4.42 Å². The van der Waals surface area contributed by atoms with Crippen molar-refractivity contribution in [3.8, 4) is 0 Å². The van der Waals surface area contributed by atoms with E-state index >= 15 is 0 Å². The minimum atomic E-state index is -0.149. The Bertz CT molecular complexity index is 960. The first kappa shape index (κ1) is 16.8. The van der Waals surface area contributed by atoms with Crippen LogP contribution in [0.25, 0.3) is 11.1 Å². The van der Waals surface area contributed by atoms with Crippen molar-refractivity contribution in [2.45, 2.75) is 30.5 Å². The number of benzene rings is 1. The standard InChI is InChI=1S/C18H18N4O3S/c23-16(11-26-18-20-14-3-1-2-4-15(14)25-18)19-9-10-22-17(24)8-7-13(21-22)12-5-6-12/h1-4,7-8,12H,5-6,9-11H2,(H,19,23). The summed E-state index contributed by atoms with van der Waals surface area (Å²) in [4.78, 5) is 28.1. The number of rotatable bonds is 7. The second-order valence-electron chi connectivity index (χ2n) is 6.18. The lowest BCUT2D eigenvalue weighted by molar-refractivity contribution is -0.118. The molecule has 0 atom stereocenters. The zero-order valence-corrected chi connectivity index (χ0v) is 14.9. The van der Waals surface area contributed by atoms with Gasteiger partial charge < -0.3 is 9.73 Å². The lowest BCUT2D eigenvalue weighted by Gasteiger charge is -2.07. The van der Waals surface area contributed by atoms with E-state index < -0.39 is 0 Å². The topological polar surface area (TPSA) is 90.0 Å². The number of aromatic nitrogens is 3. The summed E-state index contributed by atoms with van der Waals surface area (Å²) >= 11 is 1.24. The number of oxazole rings is 1. The molecule has 1 fully saturated rings. The summed E-state index contributed by atoms with van der Waals surface area (Å²) in [7, 11) is 0. The van der Waals surface area contributed by atoms with Crippen molar-refractivity contribution in [2.75, 3.05) is 12.3 Å². The van der Waals surface area contributed by atoms with Crippen molar-refractivity contribution < 1.29 is 9.21 Å². The van der Waals surface area contributed by atoms with Crippen LogP contribution in [-0.4, -0.2) is 33.0 Å². The molecule has 1 saturated carbocycles. The molecule has 0 unspecified atom stereocenters. The highest BCUT2D eigenvalue weighted by atomic mass is 32.2. The fourth-order valence-corrected chi connectivity index (χ4v) is 3.28. The van der Waals surface area contributed by atoms with Gasteiger partial charge in [-0.3, -0.25) is 9.59 Å². The molecule has 4 rings (SSSR count). The highest BCUT2D eigenvalue weighted by molar-refractivity contribution is 7.99. The van der Waals surface area contributed by atoms with Gasteiger partial charge in [-0.25, -0.2) is 9.67 Å². The maximum absolute atomic E-state index is 12.0. The van der Waals surface area contributed by atoms with E-state index in [0.29, 0.717) is 29.8 Å². The van der Waals surface area contributed by atoms with Crippen LogP contribution in [0.2, 0.25) is 0 Å². The van der Waals surface area contributed by atoms with Crippen molar-refractivity contribution in [3.05, 3.63) is 52.4 Å². The predicted molar refractivity (Wildman–Crippen MR) is 98.2 cm³/mol. The van der Waals surface area contributed by atoms with E-state index in [1.807, 2.05) is 24.3 Å². The van der Waals surface area contributed by atoms with E-state index in [1.54, 1.807) is 12.1 Å². The van der Waals surface area contributed by atoms with Crippen LogP contribution >= 0.6 is 11.8 Å². The third-order valence-corrected chi connectivity index (χ3v) is 4.96. The summed E-state index contributed by atoms with van der Waals surface area (Å²) < 4.78 is 6.98. The number of carbonyl (C=O) groups excluding carboxylic acids is 1. The average molecular weight is 370 g/mol. The van der Waals surface area contributed by atoms with Crippen molar-refractivity contribution in [2.24, 2.45) is 0 Å². The number of para-hydroxylation sites is 2. The first-order chi connectivity index (χ1) is 12.7. The Labute approximate surface area is 153 Å². The molecule has 0 aliphatic heterocycles. The molecule has 3 aromatic rings. The minimum absolute atomic E-state index is 0.136. The van der Waals surface area contributed by atoms with Crippen LogP contribution in [0.4, 0.5) is 0 Å². The van der Waals surface area contributed by atoms with Gasteiger partial charge >= 0.3 is 0 Å². The number of hydrogen-bond donors (Lipinski definition) is 1. The van der Waals surface area contributed by atoms with Crippen LogP contribution in [-0.2, 0) is 11.3 Å². The molecule has 2 heterocycles. The zero-order chi connectivity index (χ0) is 17.9. The number of carbonyl (C=O) groups is 1. The molecule has 7 nitrogen and oxygen atoms in total. The molecule has 1 aliphatic carbocycles. The summed E-state index contributed by atoms with van der Waals surface area (Å²) in [6, 6.07) is 10.8. The maximum Gasteiger partial charge on any atom is 0.266 e. The lowest BCUT2D eigenvalue weighted by Crippen LogP contribution is -2.33. The van der Waals surface area contributed by atoms with Crippen molar-refractivity contribution in [3.63, 3.8) is 0 Å². The highest BCUT2D eigenvalue weighted by Gasteiger charge is 2.25. The first-order valence-corrected chi connectivity index (χ1v) is 9.51. The Hall–Kier alpha value is -2.61. The van der Waals surface area contributed by atoms with E-state index in [2.05, 4.69) is 15.4 Å². The van der Waals surface area contributed by atoms with Crippen LogP contribution in [0.5, 0.6) is 0 Å². The molecule has 0 saturated heterocycles. The van der Waals surface area contributed by atoms with E-state index in [9.17, 15) is 9.59 Å². The molecule has 8 heteroatoms. The second-order valence-corrected chi connectivity index (χ2v) is 7.11. The summed E-state index contributed by atoms with van der Waals surface area (Å²) in [5.74, 6) is 0.560. The maximum atomic E-state index is 12.0. The van der Waals surface area contributed by atoms with Gasteiger partial charge in [-0.2, -0.15) is 5.10 Å².